The van der Waals surface area contributed by atoms with E-state index in [1.54, 1.807) is 25.4 Å². The second kappa shape index (κ2) is 4.70. The summed E-state index contributed by atoms with van der Waals surface area (Å²) in [7, 11) is 1.61. The molecule has 0 fully saturated rings. The van der Waals surface area contributed by atoms with Crippen molar-refractivity contribution >= 4 is 11.2 Å². The lowest BCUT2D eigenvalue weighted by molar-refractivity contribution is 0.211. The molecule has 3 rings (SSSR count). The number of hydrogen-bond acceptors (Lipinski definition) is 4. The summed E-state index contributed by atoms with van der Waals surface area (Å²) in [5, 5.41) is 10.3. The van der Waals surface area contributed by atoms with Crippen LogP contribution in [0.15, 0.2) is 42.6 Å². The minimum Gasteiger partial charge on any atom is -0.497 e. The molecule has 1 atom stereocenters. The maximum atomic E-state index is 10.3. The predicted molar refractivity (Wildman–Crippen MR) is 70.9 cm³/mol. The number of fused-ring (bicyclic) bond motifs is 1. The van der Waals surface area contributed by atoms with Gasteiger partial charge in [-0.1, -0.05) is 12.1 Å². The van der Waals surface area contributed by atoms with Gasteiger partial charge in [0.15, 0.2) is 5.65 Å². The lowest BCUT2D eigenvalue weighted by Gasteiger charge is -2.08. The number of hydrogen-bond donors (Lipinski definition) is 2. The molecule has 3 aromatic rings. The number of aromatic nitrogens is 3. The van der Waals surface area contributed by atoms with Gasteiger partial charge in [-0.3, -0.25) is 0 Å². The summed E-state index contributed by atoms with van der Waals surface area (Å²) in [6.45, 7) is 0. The lowest BCUT2D eigenvalue weighted by atomic mass is 10.1. The van der Waals surface area contributed by atoms with Gasteiger partial charge in [0.05, 0.1) is 12.6 Å². The van der Waals surface area contributed by atoms with Crippen molar-refractivity contribution in [2.24, 2.45) is 0 Å². The molecule has 96 valence electrons. The molecule has 0 aliphatic rings. The van der Waals surface area contributed by atoms with E-state index in [9.17, 15) is 5.11 Å². The molecule has 0 spiro atoms. The first kappa shape index (κ1) is 11.7. The van der Waals surface area contributed by atoms with Crippen molar-refractivity contribution in [1.82, 2.24) is 15.0 Å². The largest absolute Gasteiger partial charge is 0.497 e. The van der Waals surface area contributed by atoms with Gasteiger partial charge in [-0.15, -0.1) is 0 Å². The number of rotatable bonds is 3. The van der Waals surface area contributed by atoms with E-state index in [1.807, 2.05) is 24.3 Å². The van der Waals surface area contributed by atoms with Crippen LogP contribution in [0.5, 0.6) is 5.75 Å². The lowest BCUT2D eigenvalue weighted by Crippen LogP contribution is -2.01. The van der Waals surface area contributed by atoms with Gasteiger partial charge in [-0.2, -0.15) is 0 Å². The monoisotopic (exact) mass is 255 g/mol. The van der Waals surface area contributed by atoms with Crippen LogP contribution in [0.1, 0.15) is 17.5 Å². The Labute approximate surface area is 109 Å². The molecule has 5 nitrogen and oxygen atoms in total. The molecule has 5 heteroatoms. The first-order valence-corrected chi connectivity index (χ1v) is 5.90. The number of nitrogens with one attached hydrogen (secondary N) is 1. The van der Waals surface area contributed by atoms with Crippen molar-refractivity contribution in [3.8, 4) is 5.75 Å². The third-order valence-corrected chi connectivity index (χ3v) is 2.97. The number of nitrogens with zero attached hydrogens (tertiary/aromatic N) is 2. The molecule has 0 saturated heterocycles. The van der Waals surface area contributed by atoms with E-state index in [4.69, 9.17) is 4.74 Å². The number of aromatic amines is 1. The van der Waals surface area contributed by atoms with Crippen LogP contribution < -0.4 is 4.74 Å². The van der Waals surface area contributed by atoms with E-state index in [2.05, 4.69) is 15.0 Å². The number of methoxy groups -OCH3 is 1. The van der Waals surface area contributed by atoms with Gasteiger partial charge >= 0.3 is 0 Å². The number of imidazole rings is 1. The number of benzene rings is 1. The molecular formula is C14H13N3O2. The minimum atomic E-state index is -0.805. The summed E-state index contributed by atoms with van der Waals surface area (Å²) in [4.78, 5) is 11.5. The Morgan fingerprint density at radius 1 is 1.21 bits per heavy atom. The number of H-pyrrole nitrogens is 1. The zero-order valence-corrected chi connectivity index (χ0v) is 10.4. The van der Waals surface area contributed by atoms with Crippen molar-refractivity contribution in [1.29, 1.82) is 0 Å². The molecule has 19 heavy (non-hydrogen) atoms. The van der Waals surface area contributed by atoms with E-state index >= 15 is 0 Å². The highest BCUT2D eigenvalue weighted by Gasteiger charge is 2.15. The van der Waals surface area contributed by atoms with Crippen LogP contribution in [-0.2, 0) is 0 Å². The van der Waals surface area contributed by atoms with Crippen molar-refractivity contribution in [2.45, 2.75) is 6.10 Å². The molecule has 1 unspecified atom stereocenters. The Bertz CT molecular complexity index is 658. The molecule has 0 aliphatic heterocycles. The maximum Gasteiger partial charge on any atom is 0.177 e. The molecule has 2 heterocycles. The summed E-state index contributed by atoms with van der Waals surface area (Å²) >= 11 is 0. The highest BCUT2D eigenvalue weighted by atomic mass is 16.5. The average molecular weight is 255 g/mol. The Kier molecular flexibility index (Phi) is 2.89. The zero-order chi connectivity index (χ0) is 13.2. The minimum absolute atomic E-state index is 0.485. The van der Waals surface area contributed by atoms with Crippen LogP contribution in [0.2, 0.25) is 0 Å². The molecule has 0 aliphatic carbocycles. The molecule has 0 saturated carbocycles. The molecule has 2 N–H and O–H groups in total. The summed E-state index contributed by atoms with van der Waals surface area (Å²) < 4.78 is 5.09. The van der Waals surface area contributed by atoms with Gasteiger partial charge in [0.1, 0.15) is 17.7 Å². The Morgan fingerprint density at radius 3 is 2.68 bits per heavy atom. The van der Waals surface area contributed by atoms with Crippen molar-refractivity contribution in [2.75, 3.05) is 7.11 Å². The Balaban J connectivity index is 1.95. The van der Waals surface area contributed by atoms with Gasteiger partial charge < -0.3 is 14.8 Å². The van der Waals surface area contributed by atoms with E-state index in [0.717, 1.165) is 16.8 Å². The summed E-state index contributed by atoms with van der Waals surface area (Å²) in [6.07, 6.45) is 0.868. The van der Waals surface area contributed by atoms with Gasteiger partial charge in [-0.05, 0) is 29.8 Å². The predicted octanol–water partition coefficient (Wildman–Crippen LogP) is 2.05. The SMILES string of the molecule is COc1ccc(C(O)c2nc3ncccc3[nH]2)cc1. The number of pyridine rings is 1. The highest BCUT2D eigenvalue weighted by molar-refractivity contribution is 5.70. The highest BCUT2D eigenvalue weighted by Crippen LogP contribution is 2.23. The second-order valence-electron chi connectivity index (χ2n) is 4.17. The fourth-order valence-corrected chi connectivity index (χ4v) is 1.94. The van der Waals surface area contributed by atoms with Crippen LogP contribution in [0.4, 0.5) is 0 Å². The van der Waals surface area contributed by atoms with Crippen molar-refractivity contribution in [3.05, 3.63) is 54.0 Å². The summed E-state index contributed by atoms with van der Waals surface area (Å²) in [5.74, 6) is 1.24. The van der Waals surface area contributed by atoms with E-state index < -0.39 is 6.10 Å². The number of ether oxygens (including phenoxy) is 1. The molecule has 0 radical (unpaired) electrons. The van der Waals surface area contributed by atoms with Gasteiger partial charge in [0.2, 0.25) is 0 Å². The molecule has 0 bridgehead atoms. The molecule has 1 aromatic carbocycles. The van der Waals surface area contributed by atoms with Crippen LogP contribution in [0, 0.1) is 0 Å². The first-order valence-electron chi connectivity index (χ1n) is 5.90. The molecule has 2 aromatic heterocycles. The maximum absolute atomic E-state index is 10.3. The third kappa shape index (κ3) is 2.15. The molecule has 0 amide bonds. The number of aliphatic hydroxyl groups excluding tert-OH is 1. The van der Waals surface area contributed by atoms with Crippen LogP contribution in [0.3, 0.4) is 0 Å². The van der Waals surface area contributed by atoms with Gasteiger partial charge in [0, 0.05) is 6.20 Å². The van der Waals surface area contributed by atoms with Crippen LogP contribution in [0.25, 0.3) is 11.2 Å². The zero-order valence-electron chi connectivity index (χ0n) is 10.4. The van der Waals surface area contributed by atoms with Crippen LogP contribution >= 0.6 is 0 Å². The Morgan fingerprint density at radius 2 is 2.00 bits per heavy atom. The second-order valence-corrected chi connectivity index (χ2v) is 4.17. The van der Waals surface area contributed by atoms with E-state index in [-0.39, 0.29) is 0 Å². The van der Waals surface area contributed by atoms with E-state index in [1.165, 1.54) is 0 Å². The average Bonchev–Trinajstić information content (AvgIpc) is 2.90. The topological polar surface area (TPSA) is 71.0 Å². The standard InChI is InChI=1S/C14H13N3O2/c1-19-10-6-4-9(5-7-10)12(18)14-16-11-3-2-8-15-13(11)17-14/h2-8,12,18H,1H3,(H,15,16,17). The third-order valence-electron chi connectivity index (χ3n) is 2.97. The summed E-state index contributed by atoms with van der Waals surface area (Å²) in [6, 6.07) is 10.9. The first-order chi connectivity index (χ1) is 9.28. The van der Waals surface area contributed by atoms with E-state index in [0.29, 0.717) is 11.5 Å². The van der Waals surface area contributed by atoms with Gasteiger partial charge in [-0.25, -0.2) is 9.97 Å². The van der Waals surface area contributed by atoms with Crippen LogP contribution in [-0.4, -0.2) is 27.2 Å². The quantitative estimate of drug-likeness (QED) is 0.751. The van der Waals surface area contributed by atoms with Gasteiger partial charge in [0.25, 0.3) is 0 Å². The fourth-order valence-electron chi connectivity index (χ4n) is 1.94. The fraction of sp³-hybridized carbons (Fsp3) is 0.143. The Hall–Kier alpha value is -2.40. The molecular weight excluding hydrogens is 242 g/mol. The van der Waals surface area contributed by atoms with Crippen molar-refractivity contribution in [3.63, 3.8) is 0 Å². The normalized spacial score (nSPS) is 12.5. The smallest absolute Gasteiger partial charge is 0.177 e. The number of aliphatic hydroxyl groups is 1. The summed E-state index contributed by atoms with van der Waals surface area (Å²) in [5.41, 5.74) is 2.16. The van der Waals surface area contributed by atoms with Crippen molar-refractivity contribution < 1.29 is 9.84 Å².